The monoisotopic (exact) mass is 438 g/mol. The van der Waals surface area contributed by atoms with E-state index >= 15 is 0 Å². The number of carbonyl (C=O) groups is 1. The number of benzene rings is 2. The van der Waals surface area contributed by atoms with E-state index in [0.29, 0.717) is 10.7 Å². The van der Waals surface area contributed by atoms with Crippen molar-refractivity contribution in [1.82, 2.24) is 5.32 Å². The smallest absolute Gasteiger partial charge is 0.257 e. The van der Waals surface area contributed by atoms with Gasteiger partial charge in [0.25, 0.3) is 5.91 Å². The number of halogens is 1. The van der Waals surface area contributed by atoms with Crippen LogP contribution in [0.15, 0.2) is 48.5 Å². The lowest BCUT2D eigenvalue weighted by atomic mass is 9.87. The van der Waals surface area contributed by atoms with E-state index in [-0.39, 0.29) is 11.3 Å². The zero-order valence-electron chi connectivity index (χ0n) is 13.3. The largest absolute Gasteiger partial charge is 0.332 e. The summed E-state index contributed by atoms with van der Waals surface area (Å²) in [5.41, 5.74) is 2.72. The molecule has 0 saturated carbocycles. The van der Waals surface area contributed by atoms with E-state index in [2.05, 4.69) is 54.0 Å². The van der Waals surface area contributed by atoms with E-state index in [1.54, 1.807) is 0 Å². The Morgan fingerprint density at radius 3 is 2.22 bits per heavy atom. The molecular weight excluding hydrogens is 419 g/mol. The van der Waals surface area contributed by atoms with Crippen molar-refractivity contribution >= 4 is 51.5 Å². The molecule has 0 spiro atoms. The Morgan fingerprint density at radius 1 is 1.04 bits per heavy atom. The molecule has 0 aliphatic heterocycles. The average Bonchev–Trinajstić information content (AvgIpc) is 2.49. The Bertz CT molecular complexity index is 721. The summed E-state index contributed by atoms with van der Waals surface area (Å²) >= 11 is 7.43. The molecular formula is C18H19IN2OS. The maximum Gasteiger partial charge on any atom is 0.257 e. The molecule has 2 aromatic carbocycles. The van der Waals surface area contributed by atoms with Crippen LogP contribution in [-0.2, 0) is 5.41 Å². The molecule has 2 N–H and O–H groups in total. The van der Waals surface area contributed by atoms with Crippen molar-refractivity contribution in [3.05, 3.63) is 63.2 Å². The van der Waals surface area contributed by atoms with Crippen LogP contribution < -0.4 is 10.6 Å². The first-order valence-electron chi connectivity index (χ1n) is 7.25. The second-order valence-corrected chi connectivity index (χ2v) is 7.79. The molecule has 2 aromatic rings. The lowest BCUT2D eigenvalue weighted by Gasteiger charge is -2.19. The summed E-state index contributed by atoms with van der Waals surface area (Å²) in [4.78, 5) is 12.3. The topological polar surface area (TPSA) is 41.1 Å². The predicted octanol–water partition coefficient (Wildman–Crippen LogP) is 4.72. The van der Waals surface area contributed by atoms with Gasteiger partial charge >= 0.3 is 0 Å². The average molecular weight is 438 g/mol. The predicted molar refractivity (Wildman–Crippen MR) is 108 cm³/mol. The number of anilines is 1. The number of carbonyl (C=O) groups excluding carboxylic acids is 1. The van der Waals surface area contributed by atoms with Gasteiger partial charge in [-0.15, -0.1) is 0 Å². The Kier molecular flexibility index (Phi) is 5.75. The number of rotatable bonds is 2. The third-order valence-corrected chi connectivity index (χ3v) is 4.51. The maximum atomic E-state index is 12.3. The normalized spacial score (nSPS) is 11.0. The minimum absolute atomic E-state index is 0.0653. The molecule has 0 heterocycles. The summed E-state index contributed by atoms with van der Waals surface area (Å²) in [5.74, 6) is -0.214. The molecule has 0 unspecified atom stereocenters. The van der Waals surface area contributed by atoms with Crippen LogP contribution >= 0.6 is 34.8 Å². The second kappa shape index (κ2) is 7.40. The van der Waals surface area contributed by atoms with E-state index in [9.17, 15) is 4.79 Å². The zero-order valence-corrected chi connectivity index (χ0v) is 16.3. The van der Waals surface area contributed by atoms with Gasteiger partial charge in [-0.2, -0.15) is 0 Å². The SMILES string of the molecule is CC(C)(C)c1ccc(C(=O)NC(=S)Nc2ccccc2I)cc1. The summed E-state index contributed by atoms with van der Waals surface area (Å²) in [7, 11) is 0. The van der Waals surface area contributed by atoms with Gasteiger partial charge in [-0.05, 0) is 70.1 Å². The quantitative estimate of drug-likeness (QED) is 0.527. The standard InChI is InChI=1S/C18H19IN2OS/c1-18(2,3)13-10-8-12(9-11-13)16(22)21-17(23)20-15-7-5-4-6-14(15)19/h4-11H,1-3H3,(H2,20,21,22,23). The van der Waals surface area contributed by atoms with Crippen molar-refractivity contribution in [2.75, 3.05) is 5.32 Å². The maximum absolute atomic E-state index is 12.3. The van der Waals surface area contributed by atoms with Gasteiger partial charge in [-0.25, -0.2) is 0 Å². The molecule has 0 saturated heterocycles. The first-order chi connectivity index (χ1) is 10.8. The van der Waals surface area contributed by atoms with Crippen LogP contribution in [-0.4, -0.2) is 11.0 Å². The fraction of sp³-hybridized carbons (Fsp3) is 0.222. The highest BCUT2D eigenvalue weighted by molar-refractivity contribution is 14.1. The Labute approximate surface area is 156 Å². The van der Waals surface area contributed by atoms with Gasteiger partial charge in [0.15, 0.2) is 5.11 Å². The minimum Gasteiger partial charge on any atom is -0.332 e. The molecule has 1 amide bonds. The summed E-state index contributed by atoms with van der Waals surface area (Å²) < 4.78 is 1.04. The van der Waals surface area contributed by atoms with Crippen LogP contribution in [0, 0.1) is 3.57 Å². The van der Waals surface area contributed by atoms with E-state index in [4.69, 9.17) is 12.2 Å². The number of hydrogen-bond donors (Lipinski definition) is 2. The number of thiocarbonyl (C=S) groups is 1. The van der Waals surface area contributed by atoms with Gasteiger partial charge in [0.2, 0.25) is 0 Å². The van der Waals surface area contributed by atoms with E-state index in [1.165, 1.54) is 5.56 Å². The van der Waals surface area contributed by atoms with Crippen LogP contribution in [0.25, 0.3) is 0 Å². The van der Waals surface area contributed by atoms with E-state index < -0.39 is 0 Å². The van der Waals surface area contributed by atoms with Crippen LogP contribution in [0.2, 0.25) is 0 Å². The number of hydrogen-bond acceptors (Lipinski definition) is 2. The van der Waals surface area contributed by atoms with Crippen molar-refractivity contribution in [3.63, 3.8) is 0 Å². The summed E-state index contributed by atoms with van der Waals surface area (Å²) in [6, 6.07) is 15.4. The minimum atomic E-state index is -0.214. The highest BCUT2D eigenvalue weighted by Gasteiger charge is 2.14. The lowest BCUT2D eigenvalue weighted by molar-refractivity contribution is 0.0977. The molecule has 5 heteroatoms. The first-order valence-corrected chi connectivity index (χ1v) is 8.73. The summed E-state index contributed by atoms with van der Waals surface area (Å²) in [6.45, 7) is 6.42. The highest BCUT2D eigenvalue weighted by Crippen LogP contribution is 2.22. The summed E-state index contributed by atoms with van der Waals surface area (Å²) in [5, 5.41) is 6.04. The van der Waals surface area contributed by atoms with Gasteiger partial charge in [-0.3, -0.25) is 10.1 Å². The molecule has 3 nitrogen and oxygen atoms in total. The fourth-order valence-electron chi connectivity index (χ4n) is 2.01. The molecule has 23 heavy (non-hydrogen) atoms. The number of amides is 1. The summed E-state index contributed by atoms with van der Waals surface area (Å²) in [6.07, 6.45) is 0. The van der Waals surface area contributed by atoms with Crippen LogP contribution in [0.4, 0.5) is 5.69 Å². The van der Waals surface area contributed by atoms with Crippen LogP contribution in [0.5, 0.6) is 0 Å². The van der Waals surface area contributed by atoms with Gasteiger partial charge in [-0.1, -0.05) is 45.0 Å². The van der Waals surface area contributed by atoms with Crippen LogP contribution in [0.1, 0.15) is 36.7 Å². The van der Waals surface area contributed by atoms with Gasteiger partial charge in [0.1, 0.15) is 0 Å². The van der Waals surface area contributed by atoms with Gasteiger partial charge in [0.05, 0.1) is 5.69 Å². The molecule has 2 rings (SSSR count). The van der Waals surface area contributed by atoms with Crippen molar-refractivity contribution in [2.45, 2.75) is 26.2 Å². The van der Waals surface area contributed by atoms with Crippen molar-refractivity contribution < 1.29 is 4.79 Å². The zero-order chi connectivity index (χ0) is 17.0. The van der Waals surface area contributed by atoms with Crippen molar-refractivity contribution in [1.29, 1.82) is 0 Å². The third-order valence-electron chi connectivity index (χ3n) is 3.36. The molecule has 0 radical (unpaired) electrons. The molecule has 0 bridgehead atoms. The molecule has 0 fully saturated rings. The lowest BCUT2D eigenvalue weighted by Crippen LogP contribution is -2.34. The molecule has 0 aliphatic carbocycles. The van der Waals surface area contributed by atoms with E-state index in [0.717, 1.165) is 9.26 Å². The second-order valence-electron chi connectivity index (χ2n) is 6.22. The first kappa shape index (κ1) is 17.9. The van der Waals surface area contributed by atoms with E-state index in [1.807, 2.05) is 48.5 Å². The molecule has 0 aliphatic rings. The van der Waals surface area contributed by atoms with Gasteiger partial charge in [0, 0.05) is 9.13 Å². The Hall–Kier alpha value is -1.47. The fourth-order valence-corrected chi connectivity index (χ4v) is 2.74. The molecule has 0 aromatic heterocycles. The number of para-hydroxylation sites is 1. The molecule has 0 atom stereocenters. The Morgan fingerprint density at radius 2 is 1.65 bits per heavy atom. The van der Waals surface area contributed by atoms with Crippen molar-refractivity contribution in [3.8, 4) is 0 Å². The number of nitrogens with one attached hydrogen (secondary N) is 2. The Balaban J connectivity index is 2.01. The highest BCUT2D eigenvalue weighted by atomic mass is 127. The van der Waals surface area contributed by atoms with Crippen LogP contribution in [0.3, 0.4) is 0 Å². The third kappa shape index (κ3) is 5.00. The molecule has 120 valence electrons. The van der Waals surface area contributed by atoms with Gasteiger partial charge < -0.3 is 5.32 Å². The van der Waals surface area contributed by atoms with Crippen molar-refractivity contribution in [2.24, 2.45) is 0 Å².